The summed E-state index contributed by atoms with van der Waals surface area (Å²) < 4.78 is 4.87. The number of rotatable bonds is 5. The highest BCUT2D eigenvalue weighted by Crippen LogP contribution is 2.19. The molecule has 0 unspecified atom stereocenters. The Labute approximate surface area is 127 Å². The molecule has 0 spiro atoms. The number of hydrogen-bond donors (Lipinski definition) is 1. The molecule has 1 aliphatic carbocycles. The van der Waals surface area contributed by atoms with Crippen LogP contribution in [-0.2, 0) is 14.3 Å². The molecule has 0 bridgehead atoms. The number of carbonyl (C=O) groups is 2. The predicted molar refractivity (Wildman–Crippen MR) is 80.9 cm³/mol. The Kier molecular flexibility index (Phi) is 6.49. The van der Waals surface area contributed by atoms with E-state index in [0.717, 1.165) is 38.6 Å². The largest absolute Gasteiger partial charge is 0.468 e. The number of piperidine rings is 1. The number of ether oxygens (including phenoxy) is 1. The molecule has 1 amide bonds. The normalized spacial score (nSPS) is 24.5. The minimum atomic E-state index is -0.164. The predicted octanol–water partition coefficient (Wildman–Crippen LogP) is 1.85. The number of amides is 1. The molecule has 2 fully saturated rings. The summed E-state index contributed by atoms with van der Waals surface area (Å²) in [6.07, 6.45) is 9.44. The Hall–Kier alpha value is -1.10. The van der Waals surface area contributed by atoms with E-state index in [4.69, 9.17) is 4.74 Å². The molecule has 5 heteroatoms. The molecule has 0 aromatic carbocycles. The van der Waals surface area contributed by atoms with Crippen LogP contribution in [-0.4, -0.2) is 49.1 Å². The van der Waals surface area contributed by atoms with Crippen molar-refractivity contribution < 1.29 is 14.3 Å². The van der Waals surface area contributed by atoms with Crippen LogP contribution in [0.2, 0.25) is 0 Å². The van der Waals surface area contributed by atoms with Crippen LogP contribution in [0.15, 0.2) is 0 Å². The van der Waals surface area contributed by atoms with E-state index in [1.807, 2.05) is 0 Å². The average molecular weight is 296 g/mol. The van der Waals surface area contributed by atoms with Crippen molar-refractivity contribution in [2.24, 2.45) is 0 Å². The van der Waals surface area contributed by atoms with E-state index in [9.17, 15) is 9.59 Å². The van der Waals surface area contributed by atoms with Gasteiger partial charge in [-0.2, -0.15) is 0 Å². The van der Waals surface area contributed by atoms with Gasteiger partial charge in [-0.1, -0.05) is 25.7 Å². The number of methoxy groups -OCH3 is 1. The van der Waals surface area contributed by atoms with Gasteiger partial charge in [-0.3, -0.25) is 14.5 Å². The van der Waals surface area contributed by atoms with Crippen molar-refractivity contribution in [1.82, 2.24) is 10.2 Å². The van der Waals surface area contributed by atoms with Gasteiger partial charge in [0.25, 0.3) is 0 Å². The van der Waals surface area contributed by atoms with Gasteiger partial charge in [0.15, 0.2) is 0 Å². The third-order valence-electron chi connectivity index (χ3n) is 4.68. The first kappa shape index (κ1) is 16.3. The lowest BCUT2D eigenvalue weighted by Gasteiger charge is -2.33. The first-order chi connectivity index (χ1) is 10.2. The monoisotopic (exact) mass is 296 g/mol. The molecule has 0 aromatic rings. The Morgan fingerprint density at radius 1 is 1.10 bits per heavy atom. The molecule has 120 valence electrons. The second-order valence-corrected chi connectivity index (χ2v) is 6.22. The summed E-state index contributed by atoms with van der Waals surface area (Å²) in [4.78, 5) is 25.9. The van der Waals surface area contributed by atoms with Gasteiger partial charge in [0, 0.05) is 19.0 Å². The number of nitrogens with one attached hydrogen (secondary N) is 1. The third-order valence-corrected chi connectivity index (χ3v) is 4.68. The van der Waals surface area contributed by atoms with E-state index >= 15 is 0 Å². The van der Waals surface area contributed by atoms with Gasteiger partial charge >= 0.3 is 5.97 Å². The van der Waals surface area contributed by atoms with Crippen molar-refractivity contribution in [1.29, 1.82) is 0 Å². The van der Waals surface area contributed by atoms with E-state index < -0.39 is 0 Å². The quantitative estimate of drug-likeness (QED) is 0.787. The lowest BCUT2D eigenvalue weighted by molar-refractivity contribution is -0.148. The van der Waals surface area contributed by atoms with Crippen molar-refractivity contribution in [2.75, 3.05) is 20.2 Å². The lowest BCUT2D eigenvalue weighted by Crippen LogP contribution is -2.47. The smallest absolute Gasteiger partial charge is 0.323 e. The maximum absolute atomic E-state index is 12.0. The van der Waals surface area contributed by atoms with Crippen molar-refractivity contribution >= 4 is 11.9 Å². The summed E-state index contributed by atoms with van der Waals surface area (Å²) >= 11 is 0. The van der Waals surface area contributed by atoms with E-state index in [1.165, 1.54) is 26.4 Å². The van der Waals surface area contributed by atoms with Crippen LogP contribution in [0.3, 0.4) is 0 Å². The van der Waals surface area contributed by atoms with Crippen LogP contribution in [0.4, 0.5) is 0 Å². The zero-order valence-electron chi connectivity index (χ0n) is 13.1. The SMILES string of the molecule is COC(=O)[C@H]1CCCCN1CCC(=O)NC1CCCCC1. The Balaban J connectivity index is 1.74. The summed E-state index contributed by atoms with van der Waals surface area (Å²) in [7, 11) is 1.44. The van der Waals surface area contributed by atoms with Gasteiger partial charge in [0.1, 0.15) is 6.04 Å². The van der Waals surface area contributed by atoms with Gasteiger partial charge in [-0.15, -0.1) is 0 Å². The van der Waals surface area contributed by atoms with Gasteiger partial charge in [0.2, 0.25) is 5.91 Å². The average Bonchev–Trinajstić information content (AvgIpc) is 2.53. The van der Waals surface area contributed by atoms with Crippen molar-refractivity contribution in [3.8, 4) is 0 Å². The molecule has 21 heavy (non-hydrogen) atoms. The zero-order chi connectivity index (χ0) is 15.1. The van der Waals surface area contributed by atoms with Gasteiger partial charge in [-0.05, 0) is 32.2 Å². The fourth-order valence-corrected chi connectivity index (χ4v) is 3.45. The zero-order valence-corrected chi connectivity index (χ0v) is 13.1. The van der Waals surface area contributed by atoms with Gasteiger partial charge in [0.05, 0.1) is 7.11 Å². The summed E-state index contributed by atoms with van der Waals surface area (Å²) in [6.45, 7) is 1.54. The van der Waals surface area contributed by atoms with Crippen LogP contribution in [0, 0.1) is 0 Å². The molecule has 1 atom stereocenters. The minimum absolute atomic E-state index is 0.121. The fraction of sp³-hybridized carbons (Fsp3) is 0.875. The fourth-order valence-electron chi connectivity index (χ4n) is 3.45. The van der Waals surface area contributed by atoms with Gasteiger partial charge in [-0.25, -0.2) is 0 Å². The number of nitrogens with zero attached hydrogens (tertiary/aromatic N) is 1. The third kappa shape index (κ3) is 4.99. The summed E-state index contributed by atoms with van der Waals surface area (Å²) in [5.74, 6) is -0.0431. The summed E-state index contributed by atoms with van der Waals surface area (Å²) in [5.41, 5.74) is 0. The highest BCUT2D eigenvalue weighted by Gasteiger charge is 2.29. The summed E-state index contributed by atoms with van der Waals surface area (Å²) in [5, 5.41) is 3.13. The second kappa shape index (κ2) is 8.37. The standard InChI is InChI=1S/C16H28N2O3/c1-21-16(20)14-9-5-6-11-18(14)12-10-15(19)17-13-7-3-2-4-8-13/h13-14H,2-12H2,1H3,(H,17,19)/t14-/m1/s1. The first-order valence-electron chi connectivity index (χ1n) is 8.32. The molecule has 1 heterocycles. The highest BCUT2D eigenvalue weighted by molar-refractivity contribution is 5.77. The van der Waals surface area contributed by atoms with Crippen molar-refractivity contribution in [3.05, 3.63) is 0 Å². The topological polar surface area (TPSA) is 58.6 Å². The van der Waals surface area contributed by atoms with E-state index in [2.05, 4.69) is 10.2 Å². The van der Waals surface area contributed by atoms with Crippen LogP contribution >= 0.6 is 0 Å². The van der Waals surface area contributed by atoms with E-state index in [-0.39, 0.29) is 17.9 Å². The molecule has 1 saturated carbocycles. The second-order valence-electron chi connectivity index (χ2n) is 6.22. The molecule has 0 aromatic heterocycles. The molecular weight excluding hydrogens is 268 g/mol. The highest BCUT2D eigenvalue weighted by atomic mass is 16.5. The van der Waals surface area contributed by atoms with Crippen molar-refractivity contribution in [2.45, 2.75) is 69.9 Å². The molecule has 1 N–H and O–H groups in total. The number of hydrogen-bond acceptors (Lipinski definition) is 4. The molecular formula is C16H28N2O3. The number of likely N-dealkylation sites (tertiary alicyclic amines) is 1. The van der Waals surface area contributed by atoms with E-state index in [1.54, 1.807) is 0 Å². The van der Waals surface area contributed by atoms with E-state index in [0.29, 0.717) is 19.0 Å². The van der Waals surface area contributed by atoms with Crippen LogP contribution in [0.25, 0.3) is 0 Å². The maximum atomic E-state index is 12.0. The van der Waals surface area contributed by atoms with Gasteiger partial charge < -0.3 is 10.1 Å². The molecule has 1 saturated heterocycles. The number of carbonyl (C=O) groups excluding carboxylic acids is 2. The summed E-state index contributed by atoms with van der Waals surface area (Å²) in [6, 6.07) is 0.204. The molecule has 2 rings (SSSR count). The Morgan fingerprint density at radius 2 is 1.81 bits per heavy atom. The molecule has 0 radical (unpaired) electrons. The molecule has 2 aliphatic rings. The molecule has 1 aliphatic heterocycles. The Bertz CT molecular complexity index is 353. The number of esters is 1. The lowest BCUT2D eigenvalue weighted by atomic mass is 9.95. The maximum Gasteiger partial charge on any atom is 0.323 e. The van der Waals surface area contributed by atoms with Crippen LogP contribution < -0.4 is 5.32 Å². The first-order valence-corrected chi connectivity index (χ1v) is 8.32. The van der Waals surface area contributed by atoms with Crippen LogP contribution in [0.5, 0.6) is 0 Å². The Morgan fingerprint density at radius 3 is 2.52 bits per heavy atom. The van der Waals surface area contributed by atoms with Crippen LogP contribution in [0.1, 0.15) is 57.8 Å². The molecule has 5 nitrogen and oxygen atoms in total. The minimum Gasteiger partial charge on any atom is -0.468 e. The van der Waals surface area contributed by atoms with Crippen molar-refractivity contribution in [3.63, 3.8) is 0 Å².